The number of hydrogen-bond donors (Lipinski definition) is 2. The van der Waals surface area contributed by atoms with Crippen molar-refractivity contribution in [3.05, 3.63) is 79.8 Å². The van der Waals surface area contributed by atoms with Crippen molar-refractivity contribution in [3.8, 4) is 11.6 Å². The lowest BCUT2D eigenvalue weighted by atomic mass is 9.77. The van der Waals surface area contributed by atoms with Crippen molar-refractivity contribution in [2.45, 2.75) is 38.2 Å². The van der Waals surface area contributed by atoms with Gasteiger partial charge in [0.05, 0.1) is 4.88 Å². The van der Waals surface area contributed by atoms with Gasteiger partial charge < -0.3 is 9.84 Å². The van der Waals surface area contributed by atoms with Gasteiger partial charge in [-0.2, -0.15) is 0 Å². The molecule has 1 aliphatic rings. The molecule has 1 aromatic heterocycles. The van der Waals surface area contributed by atoms with Gasteiger partial charge in [-0.25, -0.2) is 0 Å². The highest BCUT2D eigenvalue weighted by Crippen LogP contribution is 2.42. The lowest BCUT2D eigenvalue weighted by molar-refractivity contribution is 0.0614. The number of rotatable bonds is 3. The Morgan fingerprint density at radius 3 is 2.69 bits per heavy atom. The maximum atomic E-state index is 11.4. The third-order valence-corrected chi connectivity index (χ3v) is 5.90. The zero-order valence-corrected chi connectivity index (χ0v) is 15.6. The van der Waals surface area contributed by atoms with Crippen LogP contribution in [-0.4, -0.2) is 15.7 Å². The molecule has 0 spiro atoms. The number of benzene rings is 2. The second-order valence-electron chi connectivity index (χ2n) is 7.28. The van der Waals surface area contributed by atoms with Gasteiger partial charge in [-0.05, 0) is 43.0 Å². The van der Waals surface area contributed by atoms with Gasteiger partial charge in [0.1, 0.15) is 11.4 Å². The standard InChI is InChI=1S/C21H21NO3S/c1-21(2)16(14-6-4-3-5-7-14)12-15-10-13(8-9-17(15)25-21)11-18-19(23)22-20(24)26-18/h3-10,16,23H,11-12H2,1-2H3,(H,22,24). The number of aromatic nitrogens is 1. The molecule has 0 saturated heterocycles. The molecule has 26 heavy (non-hydrogen) atoms. The summed E-state index contributed by atoms with van der Waals surface area (Å²) in [5, 5.41) is 9.82. The highest BCUT2D eigenvalue weighted by molar-refractivity contribution is 7.09. The van der Waals surface area contributed by atoms with Gasteiger partial charge in [0.15, 0.2) is 0 Å². The fraction of sp³-hybridized carbons (Fsp3) is 0.286. The van der Waals surface area contributed by atoms with E-state index < -0.39 is 0 Å². The number of H-pyrrole nitrogens is 1. The zero-order chi connectivity index (χ0) is 18.3. The number of aromatic hydroxyl groups is 1. The normalized spacial score (nSPS) is 18.2. The van der Waals surface area contributed by atoms with Crippen LogP contribution < -0.4 is 9.61 Å². The number of thiazole rings is 1. The SMILES string of the molecule is CC1(C)Oc2ccc(Cc3sc(=O)[nH]c3O)cc2CC1c1ccccc1. The average Bonchev–Trinajstić information content (AvgIpc) is 2.92. The van der Waals surface area contributed by atoms with Crippen molar-refractivity contribution < 1.29 is 9.84 Å². The maximum absolute atomic E-state index is 11.4. The van der Waals surface area contributed by atoms with E-state index in [4.69, 9.17) is 4.74 Å². The topological polar surface area (TPSA) is 62.3 Å². The monoisotopic (exact) mass is 367 g/mol. The minimum atomic E-state index is -0.283. The molecule has 0 saturated carbocycles. The third-order valence-electron chi connectivity index (χ3n) is 5.03. The molecule has 2 aromatic carbocycles. The molecule has 1 unspecified atom stereocenters. The van der Waals surface area contributed by atoms with Crippen LogP contribution in [0, 0.1) is 0 Å². The molecule has 3 aromatic rings. The molecule has 0 aliphatic carbocycles. The molecular formula is C21H21NO3S. The van der Waals surface area contributed by atoms with E-state index in [-0.39, 0.29) is 22.3 Å². The van der Waals surface area contributed by atoms with Crippen molar-refractivity contribution in [2.75, 3.05) is 0 Å². The van der Waals surface area contributed by atoms with Crippen LogP contribution in [0.3, 0.4) is 0 Å². The Morgan fingerprint density at radius 2 is 2.00 bits per heavy atom. The van der Waals surface area contributed by atoms with E-state index in [1.165, 1.54) is 5.56 Å². The fourth-order valence-electron chi connectivity index (χ4n) is 3.68. The smallest absolute Gasteiger partial charge is 0.307 e. The van der Waals surface area contributed by atoms with Crippen LogP contribution >= 0.6 is 11.3 Å². The van der Waals surface area contributed by atoms with Gasteiger partial charge in [0, 0.05) is 12.3 Å². The van der Waals surface area contributed by atoms with E-state index >= 15 is 0 Å². The van der Waals surface area contributed by atoms with E-state index in [1.54, 1.807) is 0 Å². The summed E-state index contributed by atoms with van der Waals surface area (Å²) in [6.45, 7) is 4.27. The fourth-order valence-corrected chi connectivity index (χ4v) is 4.44. The van der Waals surface area contributed by atoms with E-state index in [0.29, 0.717) is 11.3 Å². The van der Waals surface area contributed by atoms with E-state index in [9.17, 15) is 9.90 Å². The Bertz CT molecular complexity index is 988. The number of hydrogen-bond acceptors (Lipinski definition) is 4. The molecule has 4 rings (SSSR count). The Hall–Kier alpha value is -2.53. The minimum Gasteiger partial charge on any atom is -0.494 e. The van der Waals surface area contributed by atoms with Gasteiger partial charge in [0.2, 0.25) is 5.88 Å². The van der Waals surface area contributed by atoms with Gasteiger partial charge in [0.25, 0.3) is 0 Å². The molecule has 2 N–H and O–H groups in total. The van der Waals surface area contributed by atoms with Crippen LogP contribution in [-0.2, 0) is 12.8 Å². The second kappa shape index (κ2) is 6.32. The highest BCUT2D eigenvalue weighted by Gasteiger charge is 2.37. The number of aromatic amines is 1. The molecule has 0 bridgehead atoms. The van der Waals surface area contributed by atoms with E-state index in [2.05, 4.69) is 49.2 Å². The molecule has 2 heterocycles. The summed E-state index contributed by atoms with van der Waals surface area (Å²) < 4.78 is 6.32. The van der Waals surface area contributed by atoms with Gasteiger partial charge >= 0.3 is 4.87 Å². The van der Waals surface area contributed by atoms with E-state index in [0.717, 1.165) is 34.6 Å². The van der Waals surface area contributed by atoms with Gasteiger partial charge in [-0.15, -0.1) is 0 Å². The lowest BCUT2D eigenvalue weighted by Crippen LogP contribution is -2.40. The predicted molar refractivity (Wildman–Crippen MR) is 103 cm³/mol. The molecule has 1 aliphatic heterocycles. The van der Waals surface area contributed by atoms with Crippen molar-refractivity contribution in [1.29, 1.82) is 0 Å². The molecule has 5 heteroatoms. The number of ether oxygens (including phenoxy) is 1. The number of fused-ring (bicyclic) bond motifs is 1. The quantitative estimate of drug-likeness (QED) is 0.728. The molecule has 0 fully saturated rings. The van der Waals surface area contributed by atoms with Crippen molar-refractivity contribution in [3.63, 3.8) is 0 Å². The largest absolute Gasteiger partial charge is 0.494 e. The van der Waals surface area contributed by atoms with Crippen LogP contribution in [0.25, 0.3) is 0 Å². The molecule has 0 amide bonds. The first kappa shape index (κ1) is 16.9. The summed E-state index contributed by atoms with van der Waals surface area (Å²) in [6, 6.07) is 16.6. The Morgan fingerprint density at radius 1 is 1.23 bits per heavy atom. The predicted octanol–water partition coefficient (Wildman–Crippen LogP) is 4.23. The summed E-state index contributed by atoms with van der Waals surface area (Å²) in [5.41, 5.74) is 3.21. The average molecular weight is 367 g/mol. The van der Waals surface area contributed by atoms with Gasteiger partial charge in [-0.3, -0.25) is 9.78 Å². The molecule has 134 valence electrons. The van der Waals surface area contributed by atoms with Gasteiger partial charge in [-0.1, -0.05) is 53.8 Å². The van der Waals surface area contributed by atoms with Crippen LogP contribution in [0.5, 0.6) is 11.6 Å². The summed E-state index contributed by atoms with van der Waals surface area (Å²) in [7, 11) is 0. The van der Waals surface area contributed by atoms with Crippen LogP contribution in [0.4, 0.5) is 0 Å². The Balaban J connectivity index is 1.66. The first-order valence-electron chi connectivity index (χ1n) is 8.69. The lowest BCUT2D eigenvalue weighted by Gasteiger charge is -2.40. The van der Waals surface area contributed by atoms with Crippen LogP contribution in [0.1, 0.15) is 41.3 Å². The van der Waals surface area contributed by atoms with Crippen molar-refractivity contribution in [2.24, 2.45) is 0 Å². The van der Waals surface area contributed by atoms with Crippen LogP contribution in [0.15, 0.2) is 53.3 Å². The van der Waals surface area contributed by atoms with Crippen LogP contribution in [0.2, 0.25) is 0 Å². The summed E-state index contributed by atoms with van der Waals surface area (Å²) in [5.74, 6) is 1.15. The molecule has 4 nitrogen and oxygen atoms in total. The minimum absolute atomic E-state index is 0.0303. The summed E-state index contributed by atoms with van der Waals surface area (Å²) in [6.07, 6.45) is 1.43. The molecule has 0 radical (unpaired) electrons. The highest BCUT2D eigenvalue weighted by atomic mass is 32.1. The first-order valence-corrected chi connectivity index (χ1v) is 9.51. The molecule has 1 atom stereocenters. The Kier molecular flexibility index (Phi) is 4.11. The Labute approximate surface area is 156 Å². The summed E-state index contributed by atoms with van der Waals surface area (Å²) >= 11 is 1.05. The second-order valence-corrected chi connectivity index (χ2v) is 8.35. The zero-order valence-electron chi connectivity index (χ0n) is 14.8. The number of nitrogens with one attached hydrogen (secondary N) is 1. The molecular weight excluding hydrogens is 346 g/mol. The van der Waals surface area contributed by atoms with E-state index in [1.807, 2.05) is 18.2 Å². The first-order chi connectivity index (χ1) is 12.4. The third kappa shape index (κ3) is 3.15. The van der Waals surface area contributed by atoms with Crippen molar-refractivity contribution in [1.82, 2.24) is 4.98 Å². The van der Waals surface area contributed by atoms with Crippen molar-refractivity contribution >= 4 is 11.3 Å². The summed E-state index contributed by atoms with van der Waals surface area (Å²) in [4.78, 5) is 14.2. The maximum Gasteiger partial charge on any atom is 0.307 e.